The van der Waals surface area contributed by atoms with Gasteiger partial charge in [0.15, 0.2) is 0 Å². The van der Waals surface area contributed by atoms with Gasteiger partial charge in [0.05, 0.1) is 6.61 Å². The molecule has 0 aromatic carbocycles. The molecule has 0 saturated carbocycles. The first-order valence-electron chi connectivity index (χ1n) is 4.80. The standard InChI is InChI=1S/C9H15Br5O/c1-2-3-4-5-7(10)9(13,14)8(11,12)6-15/h7,15H,2-6H2,1H3. The molecule has 0 amide bonds. The van der Waals surface area contributed by atoms with Crippen molar-refractivity contribution in [2.75, 3.05) is 6.61 Å². The minimum atomic E-state index is -0.576. The minimum absolute atomic E-state index is 0.0145. The summed E-state index contributed by atoms with van der Waals surface area (Å²) in [5.41, 5.74) is 0. The summed E-state index contributed by atoms with van der Waals surface area (Å²) in [6, 6.07) is 0. The third kappa shape index (κ3) is 5.25. The molecule has 92 valence electrons. The van der Waals surface area contributed by atoms with Crippen molar-refractivity contribution >= 4 is 79.6 Å². The van der Waals surface area contributed by atoms with Gasteiger partial charge in [-0.05, 0) is 6.42 Å². The van der Waals surface area contributed by atoms with E-state index in [2.05, 4.69) is 86.6 Å². The highest BCUT2D eigenvalue weighted by Crippen LogP contribution is 2.53. The number of aliphatic hydroxyl groups is 1. The quantitative estimate of drug-likeness (QED) is 0.345. The van der Waals surface area contributed by atoms with E-state index < -0.39 is 6.47 Å². The van der Waals surface area contributed by atoms with Gasteiger partial charge < -0.3 is 5.11 Å². The van der Waals surface area contributed by atoms with E-state index in [9.17, 15) is 5.11 Å². The maximum Gasteiger partial charge on any atom is 0.129 e. The highest BCUT2D eigenvalue weighted by Gasteiger charge is 2.48. The van der Waals surface area contributed by atoms with Crippen molar-refractivity contribution in [3.8, 4) is 0 Å². The third-order valence-electron chi connectivity index (χ3n) is 2.14. The Morgan fingerprint density at radius 1 is 1.13 bits per heavy atom. The molecule has 0 spiro atoms. The molecule has 0 saturated heterocycles. The topological polar surface area (TPSA) is 20.2 Å². The third-order valence-corrected chi connectivity index (χ3v) is 10.9. The van der Waals surface area contributed by atoms with Crippen LogP contribution in [0.3, 0.4) is 0 Å². The minimum Gasteiger partial charge on any atom is -0.394 e. The van der Waals surface area contributed by atoms with Crippen LogP contribution in [0.15, 0.2) is 0 Å². The normalized spacial score (nSPS) is 15.4. The summed E-state index contributed by atoms with van der Waals surface area (Å²) in [5, 5.41) is 9.28. The van der Waals surface area contributed by atoms with Crippen molar-refractivity contribution in [3.63, 3.8) is 0 Å². The van der Waals surface area contributed by atoms with Gasteiger partial charge in [0.1, 0.15) is 6.47 Å². The molecule has 15 heavy (non-hydrogen) atoms. The van der Waals surface area contributed by atoms with Gasteiger partial charge in [-0.2, -0.15) is 0 Å². The summed E-state index contributed by atoms with van der Waals surface area (Å²) >= 11 is 17.7. The molecule has 6 heteroatoms. The lowest BCUT2D eigenvalue weighted by molar-refractivity contribution is 0.283. The first-order valence-corrected chi connectivity index (χ1v) is 8.89. The Kier molecular flexibility index (Phi) is 8.93. The van der Waals surface area contributed by atoms with Gasteiger partial charge in [-0.1, -0.05) is 106 Å². The molecule has 1 unspecified atom stereocenters. The van der Waals surface area contributed by atoms with E-state index in [4.69, 9.17) is 0 Å². The molecule has 0 aliphatic heterocycles. The summed E-state index contributed by atoms with van der Waals surface area (Å²) in [7, 11) is 0. The zero-order valence-corrected chi connectivity index (χ0v) is 16.4. The second kappa shape index (κ2) is 7.72. The zero-order valence-electron chi connectivity index (χ0n) is 8.45. The van der Waals surface area contributed by atoms with Gasteiger partial charge in [0, 0.05) is 4.83 Å². The lowest BCUT2D eigenvalue weighted by Crippen LogP contribution is -2.44. The average molecular weight is 539 g/mol. The Bertz CT molecular complexity index is 183. The number of alkyl halides is 5. The Morgan fingerprint density at radius 3 is 2.07 bits per heavy atom. The number of rotatable bonds is 7. The number of halogens is 5. The van der Waals surface area contributed by atoms with E-state index in [1.807, 2.05) is 0 Å². The van der Waals surface area contributed by atoms with Crippen molar-refractivity contribution < 1.29 is 5.11 Å². The first kappa shape index (κ1) is 17.4. The first-order chi connectivity index (χ1) is 6.79. The van der Waals surface area contributed by atoms with Crippen LogP contribution >= 0.6 is 79.6 Å². The van der Waals surface area contributed by atoms with Gasteiger partial charge >= 0.3 is 0 Å². The van der Waals surface area contributed by atoms with Crippen LogP contribution < -0.4 is 0 Å². The van der Waals surface area contributed by atoms with E-state index in [-0.39, 0.29) is 11.4 Å². The lowest BCUT2D eigenvalue weighted by atomic mass is 10.1. The van der Waals surface area contributed by atoms with Gasteiger partial charge in [0.2, 0.25) is 0 Å². The monoisotopic (exact) mass is 534 g/mol. The molecule has 1 nitrogen and oxygen atoms in total. The summed E-state index contributed by atoms with van der Waals surface area (Å²) in [6.45, 7) is 2.17. The fourth-order valence-electron chi connectivity index (χ4n) is 1.09. The summed E-state index contributed by atoms with van der Waals surface area (Å²) < 4.78 is -0.997. The average Bonchev–Trinajstić information content (AvgIpc) is 2.17. The van der Waals surface area contributed by atoms with Gasteiger partial charge in [-0.15, -0.1) is 0 Å². The summed E-state index contributed by atoms with van der Waals surface area (Å²) in [5.74, 6) is 0. The Morgan fingerprint density at radius 2 is 1.67 bits per heavy atom. The van der Waals surface area contributed by atoms with E-state index in [1.165, 1.54) is 19.3 Å². The molecule has 0 aromatic rings. The fraction of sp³-hybridized carbons (Fsp3) is 1.00. The Balaban J connectivity index is 4.31. The molecule has 0 aliphatic carbocycles. The fourth-order valence-corrected chi connectivity index (χ4v) is 3.68. The van der Waals surface area contributed by atoms with Gasteiger partial charge in [-0.3, -0.25) is 0 Å². The molecule has 0 heterocycles. The predicted octanol–water partition coefficient (Wildman–Crippen LogP) is 5.29. The molecule has 0 aliphatic rings. The van der Waals surface area contributed by atoms with Crippen LogP contribution in [0, 0.1) is 0 Å². The van der Waals surface area contributed by atoms with Crippen LogP contribution in [0.4, 0.5) is 0 Å². The van der Waals surface area contributed by atoms with Crippen molar-refractivity contribution in [1.82, 2.24) is 0 Å². The predicted molar refractivity (Wildman–Crippen MR) is 85.1 cm³/mol. The summed E-state index contributed by atoms with van der Waals surface area (Å²) in [4.78, 5) is 0.224. The maximum absolute atomic E-state index is 9.28. The van der Waals surface area contributed by atoms with Crippen LogP contribution in [0.5, 0.6) is 0 Å². The second-order valence-corrected chi connectivity index (χ2v) is 11.9. The maximum atomic E-state index is 9.28. The molecule has 0 aromatic heterocycles. The van der Waals surface area contributed by atoms with E-state index in [0.717, 1.165) is 6.42 Å². The zero-order chi connectivity index (χ0) is 12.1. The van der Waals surface area contributed by atoms with Crippen molar-refractivity contribution in [2.45, 2.75) is 43.9 Å². The van der Waals surface area contributed by atoms with Gasteiger partial charge in [0.25, 0.3) is 0 Å². The Hall–Kier alpha value is 2.36. The van der Waals surface area contributed by atoms with E-state index in [1.54, 1.807) is 0 Å². The molecule has 0 rings (SSSR count). The van der Waals surface area contributed by atoms with E-state index in [0.29, 0.717) is 0 Å². The van der Waals surface area contributed by atoms with Crippen molar-refractivity contribution in [2.24, 2.45) is 0 Å². The summed E-state index contributed by atoms with van der Waals surface area (Å²) in [6.07, 6.45) is 4.66. The van der Waals surface area contributed by atoms with Crippen LogP contribution in [-0.2, 0) is 0 Å². The van der Waals surface area contributed by atoms with Crippen LogP contribution in [0.25, 0.3) is 0 Å². The smallest absolute Gasteiger partial charge is 0.129 e. The highest BCUT2D eigenvalue weighted by atomic mass is 79.9. The van der Waals surface area contributed by atoms with Crippen molar-refractivity contribution in [3.05, 3.63) is 0 Å². The SMILES string of the molecule is CCCCCC(Br)C(Br)(Br)C(Br)(Br)CO. The second-order valence-electron chi connectivity index (χ2n) is 3.45. The Labute approximate surface area is 134 Å². The number of aliphatic hydroxyl groups excluding tert-OH is 1. The molecule has 0 radical (unpaired) electrons. The number of hydrogen-bond donors (Lipinski definition) is 1. The largest absolute Gasteiger partial charge is 0.394 e. The molecule has 0 fully saturated rings. The number of hydrogen-bond acceptors (Lipinski definition) is 1. The van der Waals surface area contributed by atoms with Crippen molar-refractivity contribution in [1.29, 1.82) is 0 Å². The van der Waals surface area contributed by atoms with Crippen LogP contribution in [0.1, 0.15) is 32.6 Å². The van der Waals surface area contributed by atoms with Crippen LogP contribution in [-0.4, -0.2) is 23.0 Å². The number of unbranched alkanes of at least 4 members (excludes halogenated alkanes) is 2. The van der Waals surface area contributed by atoms with Gasteiger partial charge in [-0.25, -0.2) is 0 Å². The molecule has 1 atom stereocenters. The highest BCUT2D eigenvalue weighted by molar-refractivity contribution is 9.30. The van der Waals surface area contributed by atoms with E-state index >= 15 is 0 Å². The molecular weight excluding hydrogens is 524 g/mol. The molecule has 1 N–H and O–H groups in total. The van der Waals surface area contributed by atoms with Crippen LogP contribution in [0.2, 0.25) is 0 Å². The molecule has 0 bridgehead atoms. The molecular formula is C9H15Br5O. The lowest BCUT2D eigenvalue weighted by Gasteiger charge is -2.37.